The summed E-state index contributed by atoms with van der Waals surface area (Å²) in [5.74, 6) is 1.26. The molecular weight excluding hydrogens is 284 g/mol. The van der Waals surface area contributed by atoms with Gasteiger partial charge in [-0.25, -0.2) is 0 Å². The lowest BCUT2D eigenvalue weighted by Crippen LogP contribution is -2.19. The number of halogens is 1. The number of benzene rings is 1. The van der Waals surface area contributed by atoms with Gasteiger partial charge >= 0.3 is 0 Å². The minimum Gasteiger partial charge on any atom is -0.493 e. The summed E-state index contributed by atoms with van der Waals surface area (Å²) in [6.45, 7) is 4.85. The molecule has 0 heterocycles. The lowest BCUT2D eigenvalue weighted by Gasteiger charge is -2.16. The number of rotatable bonds is 6. The number of hydrogen-bond acceptors (Lipinski definition) is 3. The number of aliphatic hydroxyl groups excluding tert-OH is 2. The number of hydrogen-bond donors (Lipinski definition) is 2. The van der Waals surface area contributed by atoms with E-state index in [4.69, 9.17) is 4.74 Å². The summed E-state index contributed by atoms with van der Waals surface area (Å²) in [7, 11) is 0. The van der Waals surface area contributed by atoms with Gasteiger partial charge in [-0.2, -0.15) is 0 Å². The standard InChI is InChI=1S/C13H19BrO3/c1-9(2)8-17-11-5-3-10(4-6-11)13(16)12(15)7-14/h3-6,9,12-13,15-16H,7-8H2,1-2H3. The van der Waals surface area contributed by atoms with Crippen molar-refractivity contribution in [2.24, 2.45) is 5.92 Å². The lowest BCUT2D eigenvalue weighted by atomic mass is 10.1. The summed E-state index contributed by atoms with van der Waals surface area (Å²) in [6, 6.07) is 7.15. The molecule has 0 aromatic heterocycles. The second kappa shape index (κ2) is 6.99. The molecule has 2 unspecified atom stereocenters. The summed E-state index contributed by atoms with van der Waals surface area (Å²) >= 11 is 3.13. The van der Waals surface area contributed by atoms with Crippen molar-refractivity contribution < 1.29 is 14.9 Å². The van der Waals surface area contributed by atoms with E-state index < -0.39 is 12.2 Å². The van der Waals surface area contributed by atoms with Gasteiger partial charge in [0.2, 0.25) is 0 Å². The maximum absolute atomic E-state index is 9.78. The average molecular weight is 303 g/mol. The third-order valence-electron chi connectivity index (χ3n) is 2.33. The first-order chi connectivity index (χ1) is 8.04. The molecule has 0 fully saturated rings. The molecule has 2 atom stereocenters. The Kier molecular flexibility index (Phi) is 5.95. The summed E-state index contributed by atoms with van der Waals surface area (Å²) in [4.78, 5) is 0. The van der Waals surface area contributed by atoms with E-state index in [2.05, 4.69) is 29.8 Å². The predicted molar refractivity (Wildman–Crippen MR) is 71.5 cm³/mol. The predicted octanol–water partition coefficient (Wildman–Crippen LogP) is 2.51. The highest BCUT2D eigenvalue weighted by molar-refractivity contribution is 9.09. The third-order valence-corrected chi connectivity index (χ3v) is 2.99. The Balaban J connectivity index is 2.61. The second-order valence-corrected chi connectivity index (χ2v) is 5.09. The van der Waals surface area contributed by atoms with E-state index in [1.165, 1.54) is 0 Å². The zero-order valence-electron chi connectivity index (χ0n) is 10.1. The Morgan fingerprint density at radius 2 is 1.76 bits per heavy atom. The SMILES string of the molecule is CC(C)COc1ccc(C(O)C(O)CBr)cc1. The highest BCUT2D eigenvalue weighted by atomic mass is 79.9. The average Bonchev–Trinajstić information content (AvgIpc) is 2.35. The van der Waals surface area contributed by atoms with Crippen LogP contribution in [0, 0.1) is 5.92 Å². The van der Waals surface area contributed by atoms with Crippen molar-refractivity contribution in [3.63, 3.8) is 0 Å². The van der Waals surface area contributed by atoms with Crippen LogP contribution in [-0.2, 0) is 0 Å². The Bertz CT molecular complexity index is 324. The fourth-order valence-corrected chi connectivity index (χ4v) is 1.68. The molecule has 17 heavy (non-hydrogen) atoms. The molecule has 0 aliphatic heterocycles. The highest BCUT2D eigenvalue weighted by Gasteiger charge is 2.16. The molecular formula is C13H19BrO3. The van der Waals surface area contributed by atoms with Gasteiger partial charge in [-0.1, -0.05) is 41.9 Å². The first kappa shape index (κ1) is 14.5. The smallest absolute Gasteiger partial charge is 0.119 e. The summed E-state index contributed by atoms with van der Waals surface area (Å²) < 4.78 is 5.54. The van der Waals surface area contributed by atoms with Crippen molar-refractivity contribution in [2.75, 3.05) is 11.9 Å². The van der Waals surface area contributed by atoms with Crippen molar-refractivity contribution in [3.05, 3.63) is 29.8 Å². The van der Waals surface area contributed by atoms with Crippen LogP contribution in [0.4, 0.5) is 0 Å². The first-order valence-corrected chi connectivity index (χ1v) is 6.81. The van der Waals surface area contributed by atoms with Crippen LogP contribution >= 0.6 is 15.9 Å². The normalized spacial score (nSPS) is 14.7. The summed E-state index contributed by atoms with van der Waals surface area (Å²) in [6.07, 6.45) is -1.66. The van der Waals surface area contributed by atoms with Gasteiger partial charge in [-0.05, 0) is 23.6 Å². The Labute approximate surface area is 111 Å². The maximum Gasteiger partial charge on any atom is 0.119 e. The quantitative estimate of drug-likeness (QED) is 0.794. The van der Waals surface area contributed by atoms with Gasteiger partial charge < -0.3 is 14.9 Å². The van der Waals surface area contributed by atoms with E-state index in [1.54, 1.807) is 12.1 Å². The molecule has 0 amide bonds. The van der Waals surface area contributed by atoms with Gasteiger partial charge in [0.05, 0.1) is 12.7 Å². The van der Waals surface area contributed by atoms with Crippen LogP contribution in [0.15, 0.2) is 24.3 Å². The number of alkyl halides is 1. The van der Waals surface area contributed by atoms with E-state index in [0.717, 1.165) is 5.75 Å². The molecule has 0 spiro atoms. The monoisotopic (exact) mass is 302 g/mol. The molecule has 1 rings (SSSR count). The molecule has 3 nitrogen and oxygen atoms in total. The van der Waals surface area contributed by atoms with Crippen molar-refractivity contribution in [1.82, 2.24) is 0 Å². The van der Waals surface area contributed by atoms with Gasteiger partial charge in [0.1, 0.15) is 11.9 Å². The summed E-state index contributed by atoms with van der Waals surface area (Å²) in [5.41, 5.74) is 0.689. The third kappa shape index (κ3) is 4.66. The van der Waals surface area contributed by atoms with E-state index >= 15 is 0 Å². The second-order valence-electron chi connectivity index (χ2n) is 4.44. The zero-order valence-corrected chi connectivity index (χ0v) is 11.7. The summed E-state index contributed by atoms with van der Waals surface area (Å²) in [5, 5.41) is 19.6. The molecule has 0 saturated heterocycles. The Morgan fingerprint density at radius 3 is 2.24 bits per heavy atom. The van der Waals surface area contributed by atoms with Gasteiger partial charge in [-0.15, -0.1) is 0 Å². The van der Waals surface area contributed by atoms with E-state index in [-0.39, 0.29) is 0 Å². The van der Waals surface area contributed by atoms with Gasteiger partial charge in [0, 0.05) is 5.33 Å². The van der Waals surface area contributed by atoms with Crippen LogP contribution in [0.2, 0.25) is 0 Å². The van der Waals surface area contributed by atoms with Gasteiger partial charge in [-0.3, -0.25) is 0 Å². The Hall–Kier alpha value is -0.580. The van der Waals surface area contributed by atoms with Crippen LogP contribution < -0.4 is 4.74 Å². The van der Waals surface area contributed by atoms with Crippen molar-refractivity contribution in [1.29, 1.82) is 0 Å². The van der Waals surface area contributed by atoms with Crippen LogP contribution in [0.25, 0.3) is 0 Å². The number of ether oxygens (including phenoxy) is 1. The van der Waals surface area contributed by atoms with Crippen LogP contribution in [0.5, 0.6) is 5.75 Å². The molecule has 2 N–H and O–H groups in total. The number of aliphatic hydroxyl groups is 2. The van der Waals surface area contributed by atoms with Gasteiger partial charge in [0.15, 0.2) is 0 Å². The van der Waals surface area contributed by atoms with Crippen LogP contribution in [-0.4, -0.2) is 28.3 Å². The van der Waals surface area contributed by atoms with Crippen molar-refractivity contribution in [3.8, 4) is 5.75 Å². The van der Waals surface area contributed by atoms with E-state index in [9.17, 15) is 10.2 Å². The zero-order chi connectivity index (χ0) is 12.8. The maximum atomic E-state index is 9.78. The molecule has 0 aliphatic carbocycles. The minimum absolute atomic E-state index is 0.347. The fraction of sp³-hybridized carbons (Fsp3) is 0.538. The lowest BCUT2D eigenvalue weighted by molar-refractivity contribution is 0.0342. The van der Waals surface area contributed by atoms with Crippen molar-refractivity contribution in [2.45, 2.75) is 26.1 Å². The topological polar surface area (TPSA) is 49.7 Å². The van der Waals surface area contributed by atoms with Crippen molar-refractivity contribution >= 4 is 15.9 Å². The van der Waals surface area contributed by atoms with Crippen LogP contribution in [0.3, 0.4) is 0 Å². The minimum atomic E-state index is -0.867. The molecule has 0 radical (unpaired) electrons. The molecule has 1 aromatic carbocycles. The fourth-order valence-electron chi connectivity index (χ4n) is 1.33. The molecule has 0 saturated carbocycles. The molecule has 0 aliphatic rings. The van der Waals surface area contributed by atoms with E-state index in [1.807, 2.05) is 12.1 Å². The first-order valence-electron chi connectivity index (χ1n) is 5.69. The highest BCUT2D eigenvalue weighted by Crippen LogP contribution is 2.21. The molecule has 1 aromatic rings. The largest absolute Gasteiger partial charge is 0.493 e. The molecule has 96 valence electrons. The molecule has 4 heteroatoms. The Morgan fingerprint density at radius 1 is 1.18 bits per heavy atom. The van der Waals surface area contributed by atoms with E-state index in [0.29, 0.717) is 23.4 Å². The molecule has 0 bridgehead atoms. The van der Waals surface area contributed by atoms with Crippen LogP contribution in [0.1, 0.15) is 25.5 Å². The van der Waals surface area contributed by atoms with Gasteiger partial charge in [0.25, 0.3) is 0 Å².